The Morgan fingerprint density at radius 3 is 2.67 bits per heavy atom. The summed E-state index contributed by atoms with van der Waals surface area (Å²) in [4.78, 5) is 12.8. The van der Waals surface area contributed by atoms with E-state index in [-0.39, 0.29) is 5.91 Å². The summed E-state index contributed by atoms with van der Waals surface area (Å²) in [7, 11) is 0. The number of benzene rings is 2. The summed E-state index contributed by atoms with van der Waals surface area (Å²) in [6.45, 7) is 6.08. The zero-order valence-corrected chi connectivity index (χ0v) is 15.4. The highest BCUT2D eigenvalue weighted by Crippen LogP contribution is 2.27. The second-order valence-corrected chi connectivity index (χ2v) is 6.70. The van der Waals surface area contributed by atoms with Gasteiger partial charge in [-0.3, -0.25) is 4.79 Å². The number of nitrogens with one attached hydrogen (secondary N) is 1. The fourth-order valence-electron chi connectivity index (χ4n) is 3.19. The molecule has 7 nitrogen and oxygen atoms in total. The van der Waals surface area contributed by atoms with Crippen LogP contribution in [0, 0.1) is 6.92 Å². The first kappa shape index (κ1) is 17.0. The van der Waals surface area contributed by atoms with Gasteiger partial charge in [-0.05, 0) is 67.6 Å². The quantitative estimate of drug-likeness (QED) is 0.601. The van der Waals surface area contributed by atoms with Gasteiger partial charge in [0.05, 0.1) is 16.9 Å². The number of rotatable bonds is 4. The van der Waals surface area contributed by atoms with Crippen molar-refractivity contribution in [2.45, 2.75) is 26.8 Å². The number of hydrogen-bond acceptors (Lipinski definition) is 4. The number of hydrogen-bond donors (Lipinski definition) is 1. The zero-order chi connectivity index (χ0) is 19.0. The molecule has 4 aromatic rings. The number of carbonyl (C=O) groups is 1. The molecule has 7 heteroatoms. The Morgan fingerprint density at radius 1 is 1.11 bits per heavy atom. The SMILES string of the molecule is Cc1nnnn1-c1cccc(C(=O)Nc2cccc3c2ccn3C(C)C)c1. The number of aryl methyl sites for hydroxylation is 1. The first-order valence-electron chi connectivity index (χ1n) is 8.81. The normalized spacial score (nSPS) is 11.3. The van der Waals surface area contributed by atoms with Crippen molar-refractivity contribution in [3.05, 3.63) is 66.1 Å². The van der Waals surface area contributed by atoms with Crippen molar-refractivity contribution < 1.29 is 4.79 Å². The maximum Gasteiger partial charge on any atom is 0.255 e. The molecule has 2 heterocycles. The summed E-state index contributed by atoms with van der Waals surface area (Å²) in [6.07, 6.45) is 2.05. The summed E-state index contributed by atoms with van der Waals surface area (Å²) < 4.78 is 3.78. The Bertz CT molecular complexity index is 1120. The van der Waals surface area contributed by atoms with E-state index in [1.807, 2.05) is 43.5 Å². The van der Waals surface area contributed by atoms with E-state index in [0.29, 0.717) is 17.4 Å². The molecule has 136 valence electrons. The van der Waals surface area contributed by atoms with Crippen molar-refractivity contribution in [2.24, 2.45) is 0 Å². The van der Waals surface area contributed by atoms with Gasteiger partial charge in [-0.1, -0.05) is 12.1 Å². The van der Waals surface area contributed by atoms with Gasteiger partial charge in [-0.2, -0.15) is 4.68 Å². The van der Waals surface area contributed by atoms with E-state index in [2.05, 4.69) is 45.3 Å². The summed E-state index contributed by atoms with van der Waals surface area (Å²) in [5, 5.41) is 15.5. The molecule has 4 rings (SSSR count). The Balaban J connectivity index is 1.65. The number of nitrogens with zero attached hydrogens (tertiary/aromatic N) is 5. The predicted molar refractivity (Wildman–Crippen MR) is 104 cm³/mol. The molecule has 0 fully saturated rings. The third kappa shape index (κ3) is 3.08. The van der Waals surface area contributed by atoms with Gasteiger partial charge in [0.25, 0.3) is 5.91 Å². The van der Waals surface area contributed by atoms with Crippen LogP contribution in [0.5, 0.6) is 0 Å². The molecule has 2 aromatic heterocycles. The van der Waals surface area contributed by atoms with Gasteiger partial charge in [0.1, 0.15) is 0 Å². The van der Waals surface area contributed by atoms with Crippen molar-refractivity contribution in [2.75, 3.05) is 5.32 Å². The second kappa shape index (κ2) is 6.68. The highest BCUT2D eigenvalue weighted by Gasteiger charge is 2.13. The van der Waals surface area contributed by atoms with E-state index in [4.69, 9.17) is 0 Å². The van der Waals surface area contributed by atoms with Gasteiger partial charge in [0, 0.05) is 23.2 Å². The molecule has 0 saturated carbocycles. The second-order valence-electron chi connectivity index (χ2n) is 6.70. The minimum Gasteiger partial charge on any atom is -0.345 e. The summed E-state index contributed by atoms with van der Waals surface area (Å²) in [5.74, 6) is 0.486. The molecule has 0 aliphatic carbocycles. The molecule has 27 heavy (non-hydrogen) atoms. The molecule has 1 amide bonds. The molecule has 0 atom stereocenters. The fraction of sp³-hybridized carbons (Fsp3) is 0.200. The van der Waals surface area contributed by atoms with E-state index in [1.54, 1.807) is 16.8 Å². The number of fused-ring (bicyclic) bond motifs is 1. The number of amides is 1. The Morgan fingerprint density at radius 2 is 1.93 bits per heavy atom. The number of aromatic nitrogens is 5. The van der Waals surface area contributed by atoms with Crippen LogP contribution in [0.15, 0.2) is 54.7 Å². The van der Waals surface area contributed by atoms with Crippen molar-refractivity contribution in [1.29, 1.82) is 0 Å². The first-order valence-corrected chi connectivity index (χ1v) is 8.81. The van der Waals surface area contributed by atoms with E-state index >= 15 is 0 Å². The Hall–Kier alpha value is -3.48. The molecular formula is C20H20N6O. The largest absolute Gasteiger partial charge is 0.345 e. The van der Waals surface area contributed by atoms with Crippen molar-refractivity contribution >= 4 is 22.5 Å². The van der Waals surface area contributed by atoms with Crippen LogP contribution in [0.25, 0.3) is 16.6 Å². The molecule has 0 bridgehead atoms. The molecule has 1 N–H and O–H groups in total. The lowest BCUT2D eigenvalue weighted by Crippen LogP contribution is -2.13. The third-order valence-corrected chi connectivity index (χ3v) is 4.55. The first-order chi connectivity index (χ1) is 13.0. The molecule has 0 unspecified atom stereocenters. The zero-order valence-electron chi connectivity index (χ0n) is 15.4. The Labute approximate surface area is 156 Å². The van der Waals surface area contributed by atoms with E-state index < -0.39 is 0 Å². The van der Waals surface area contributed by atoms with Gasteiger partial charge in [-0.15, -0.1) is 5.10 Å². The molecule has 0 spiro atoms. The molecular weight excluding hydrogens is 340 g/mol. The van der Waals surface area contributed by atoms with E-state index in [9.17, 15) is 4.79 Å². The smallest absolute Gasteiger partial charge is 0.255 e. The predicted octanol–water partition coefficient (Wildman–Crippen LogP) is 3.76. The molecule has 0 aliphatic rings. The monoisotopic (exact) mass is 360 g/mol. The van der Waals surface area contributed by atoms with Crippen LogP contribution in [0.1, 0.15) is 36.1 Å². The third-order valence-electron chi connectivity index (χ3n) is 4.55. The average molecular weight is 360 g/mol. The van der Waals surface area contributed by atoms with E-state index in [0.717, 1.165) is 22.3 Å². The maximum absolute atomic E-state index is 12.8. The van der Waals surface area contributed by atoms with Gasteiger partial charge in [0.15, 0.2) is 5.82 Å². The highest BCUT2D eigenvalue weighted by molar-refractivity contribution is 6.09. The summed E-state index contributed by atoms with van der Waals surface area (Å²) >= 11 is 0. The highest BCUT2D eigenvalue weighted by atomic mass is 16.1. The summed E-state index contributed by atoms with van der Waals surface area (Å²) in [5.41, 5.74) is 3.18. The van der Waals surface area contributed by atoms with Crippen molar-refractivity contribution in [1.82, 2.24) is 24.8 Å². The average Bonchev–Trinajstić information content (AvgIpc) is 3.28. The molecule has 0 saturated heterocycles. The minimum atomic E-state index is -0.174. The fourth-order valence-corrected chi connectivity index (χ4v) is 3.19. The van der Waals surface area contributed by atoms with Crippen molar-refractivity contribution in [3.8, 4) is 5.69 Å². The van der Waals surface area contributed by atoms with Crippen molar-refractivity contribution in [3.63, 3.8) is 0 Å². The lowest BCUT2D eigenvalue weighted by atomic mass is 10.1. The van der Waals surface area contributed by atoms with Gasteiger partial charge >= 0.3 is 0 Å². The number of carbonyl (C=O) groups excluding carboxylic acids is 1. The maximum atomic E-state index is 12.8. The minimum absolute atomic E-state index is 0.174. The molecule has 0 radical (unpaired) electrons. The van der Waals surface area contributed by atoms with Crippen LogP contribution in [0.2, 0.25) is 0 Å². The molecule has 0 aliphatic heterocycles. The number of tetrazole rings is 1. The topological polar surface area (TPSA) is 77.6 Å². The van der Waals surface area contributed by atoms with Crippen LogP contribution >= 0.6 is 0 Å². The van der Waals surface area contributed by atoms with Crippen LogP contribution in [-0.4, -0.2) is 30.7 Å². The van der Waals surface area contributed by atoms with Crippen LogP contribution in [0.4, 0.5) is 5.69 Å². The van der Waals surface area contributed by atoms with E-state index in [1.165, 1.54) is 0 Å². The molecule has 2 aromatic carbocycles. The van der Waals surface area contributed by atoms with Crippen LogP contribution in [0.3, 0.4) is 0 Å². The lowest BCUT2D eigenvalue weighted by Gasteiger charge is -2.11. The van der Waals surface area contributed by atoms with Crippen LogP contribution in [-0.2, 0) is 0 Å². The van der Waals surface area contributed by atoms with Gasteiger partial charge < -0.3 is 9.88 Å². The Kier molecular flexibility index (Phi) is 4.19. The number of anilines is 1. The van der Waals surface area contributed by atoms with Gasteiger partial charge in [0.2, 0.25) is 0 Å². The summed E-state index contributed by atoms with van der Waals surface area (Å²) in [6, 6.07) is 15.6. The standard InChI is InChI=1S/C20H20N6O/c1-13(2)25-11-10-17-18(8-5-9-19(17)25)21-20(27)15-6-4-7-16(12-15)26-14(3)22-23-24-26/h4-13H,1-3H3,(H,21,27). The lowest BCUT2D eigenvalue weighted by molar-refractivity contribution is 0.102. The van der Waals surface area contributed by atoms with Crippen LogP contribution < -0.4 is 5.32 Å². The van der Waals surface area contributed by atoms with Gasteiger partial charge in [-0.25, -0.2) is 0 Å².